The molecule has 3 N–H and O–H groups in total. The SMILES string of the molecule is COC(=O)CNC(=O)C[NH+](C)CC(=O)Nc1ccc(Cl)cc1. The highest BCUT2D eigenvalue weighted by Crippen LogP contribution is 2.12. The molecule has 0 bridgehead atoms. The Morgan fingerprint density at radius 2 is 1.73 bits per heavy atom. The molecule has 0 saturated carbocycles. The van der Waals surface area contributed by atoms with E-state index < -0.39 is 5.97 Å². The van der Waals surface area contributed by atoms with Gasteiger partial charge in [0.25, 0.3) is 11.8 Å². The molecule has 1 aromatic rings. The Labute approximate surface area is 133 Å². The lowest BCUT2D eigenvalue weighted by Gasteiger charge is -2.13. The van der Waals surface area contributed by atoms with Gasteiger partial charge in [-0.3, -0.25) is 14.4 Å². The van der Waals surface area contributed by atoms with Crippen LogP contribution in [-0.2, 0) is 19.1 Å². The Balaban J connectivity index is 2.33. The second kappa shape index (κ2) is 9.01. The van der Waals surface area contributed by atoms with Crippen LogP contribution in [0.15, 0.2) is 24.3 Å². The zero-order chi connectivity index (χ0) is 16.5. The summed E-state index contributed by atoms with van der Waals surface area (Å²) in [6.45, 7) is 0.0128. The Bertz CT molecular complexity index is 533. The largest absolute Gasteiger partial charge is 0.468 e. The Kier molecular flexibility index (Phi) is 7.34. The van der Waals surface area contributed by atoms with Crippen LogP contribution in [0.5, 0.6) is 0 Å². The first-order valence-corrected chi connectivity index (χ1v) is 6.98. The molecular weight excluding hydrogens is 310 g/mol. The van der Waals surface area contributed by atoms with E-state index in [4.69, 9.17) is 11.6 Å². The lowest BCUT2D eigenvalue weighted by atomic mass is 10.3. The third-order valence-electron chi connectivity index (χ3n) is 2.71. The van der Waals surface area contributed by atoms with Crippen LogP contribution in [0.2, 0.25) is 5.02 Å². The summed E-state index contributed by atoms with van der Waals surface area (Å²) >= 11 is 5.76. The van der Waals surface area contributed by atoms with Crippen LogP contribution in [0, 0.1) is 0 Å². The van der Waals surface area contributed by atoms with Crippen molar-refractivity contribution in [2.24, 2.45) is 0 Å². The zero-order valence-electron chi connectivity index (χ0n) is 12.4. The van der Waals surface area contributed by atoms with E-state index in [1.165, 1.54) is 7.11 Å². The molecule has 0 saturated heterocycles. The molecular formula is C14H19ClN3O4+. The average molecular weight is 329 g/mol. The predicted molar refractivity (Wildman–Crippen MR) is 81.7 cm³/mol. The molecule has 0 aliphatic carbocycles. The highest BCUT2D eigenvalue weighted by atomic mass is 35.5. The highest BCUT2D eigenvalue weighted by Gasteiger charge is 2.15. The molecule has 0 radical (unpaired) electrons. The summed E-state index contributed by atoms with van der Waals surface area (Å²) in [6.07, 6.45) is 0. The average Bonchev–Trinajstić information content (AvgIpc) is 2.46. The third kappa shape index (κ3) is 7.05. The summed E-state index contributed by atoms with van der Waals surface area (Å²) in [5.41, 5.74) is 0.636. The number of quaternary nitrogens is 1. The van der Waals surface area contributed by atoms with Crippen LogP contribution in [0.4, 0.5) is 5.69 Å². The molecule has 2 amide bonds. The van der Waals surface area contributed by atoms with Crippen molar-refractivity contribution in [2.75, 3.05) is 39.1 Å². The molecule has 0 aliphatic heterocycles. The van der Waals surface area contributed by atoms with Crippen molar-refractivity contribution in [3.05, 3.63) is 29.3 Å². The first-order valence-electron chi connectivity index (χ1n) is 6.61. The van der Waals surface area contributed by atoms with Gasteiger partial charge in [-0.05, 0) is 24.3 Å². The molecule has 0 aromatic heterocycles. The minimum absolute atomic E-state index is 0.0744. The highest BCUT2D eigenvalue weighted by molar-refractivity contribution is 6.30. The number of benzene rings is 1. The van der Waals surface area contributed by atoms with Gasteiger partial charge in [-0.1, -0.05) is 11.6 Å². The minimum Gasteiger partial charge on any atom is -0.468 e. The Morgan fingerprint density at radius 3 is 2.32 bits per heavy atom. The van der Waals surface area contributed by atoms with Crippen LogP contribution < -0.4 is 15.5 Å². The lowest BCUT2D eigenvalue weighted by molar-refractivity contribution is -0.862. The number of methoxy groups -OCH3 is 1. The maximum atomic E-state index is 11.8. The van der Waals surface area contributed by atoms with Gasteiger partial charge in [0, 0.05) is 10.7 Å². The summed E-state index contributed by atoms with van der Waals surface area (Å²) in [7, 11) is 2.95. The van der Waals surface area contributed by atoms with Crippen molar-refractivity contribution >= 4 is 35.1 Å². The van der Waals surface area contributed by atoms with Crippen LogP contribution in [0.25, 0.3) is 0 Å². The Hall–Kier alpha value is -2.12. The standard InChI is InChI=1S/C14H18ClN3O4/c1-18(8-12(19)16-7-14(21)22-2)9-13(20)17-11-5-3-10(15)4-6-11/h3-6H,7-9H2,1-2H3,(H,16,19)(H,17,20)/p+1. The number of esters is 1. The van der Waals surface area contributed by atoms with Gasteiger partial charge in [-0.25, -0.2) is 0 Å². The third-order valence-corrected chi connectivity index (χ3v) is 2.96. The predicted octanol–water partition coefficient (Wildman–Crippen LogP) is -0.918. The molecule has 7 nitrogen and oxygen atoms in total. The molecule has 1 atom stereocenters. The fourth-order valence-electron chi connectivity index (χ4n) is 1.65. The number of halogens is 1. The van der Waals surface area contributed by atoms with Gasteiger partial charge in [0.2, 0.25) is 0 Å². The first-order chi connectivity index (χ1) is 10.4. The summed E-state index contributed by atoms with van der Waals surface area (Å²) in [5.74, 6) is -1.07. The van der Waals surface area contributed by atoms with E-state index in [0.717, 1.165) is 0 Å². The zero-order valence-corrected chi connectivity index (χ0v) is 13.2. The molecule has 120 valence electrons. The van der Waals surface area contributed by atoms with Crippen molar-refractivity contribution in [2.45, 2.75) is 0 Å². The number of carbonyl (C=O) groups excluding carboxylic acids is 3. The Morgan fingerprint density at radius 1 is 1.14 bits per heavy atom. The number of likely N-dealkylation sites (N-methyl/N-ethyl adjacent to an activating group) is 1. The van der Waals surface area contributed by atoms with Crippen LogP contribution in [0.1, 0.15) is 0 Å². The first kappa shape index (κ1) is 17.9. The molecule has 0 spiro atoms. The van der Waals surface area contributed by atoms with Crippen LogP contribution in [0.3, 0.4) is 0 Å². The number of rotatable bonds is 7. The van der Waals surface area contributed by atoms with E-state index in [9.17, 15) is 14.4 Å². The molecule has 22 heavy (non-hydrogen) atoms. The fraction of sp³-hybridized carbons (Fsp3) is 0.357. The molecule has 0 heterocycles. The van der Waals surface area contributed by atoms with Gasteiger partial charge in [0.05, 0.1) is 14.2 Å². The summed E-state index contributed by atoms with van der Waals surface area (Å²) in [6, 6.07) is 6.74. The monoisotopic (exact) mass is 328 g/mol. The number of amides is 2. The normalized spacial score (nSPS) is 11.4. The summed E-state index contributed by atoms with van der Waals surface area (Å²) in [5, 5.41) is 5.71. The number of nitrogens with one attached hydrogen (secondary N) is 3. The van der Waals surface area contributed by atoms with E-state index in [0.29, 0.717) is 15.6 Å². The smallest absolute Gasteiger partial charge is 0.325 e. The molecule has 0 fully saturated rings. The number of hydrogen-bond donors (Lipinski definition) is 3. The van der Waals surface area contributed by atoms with Crippen molar-refractivity contribution in [1.82, 2.24) is 5.32 Å². The fourth-order valence-corrected chi connectivity index (χ4v) is 1.78. The summed E-state index contributed by atoms with van der Waals surface area (Å²) in [4.78, 5) is 35.0. The van der Waals surface area contributed by atoms with E-state index >= 15 is 0 Å². The van der Waals surface area contributed by atoms with E-state index in [1.807, 2.05) is 0 Å². The van der Waals surface area contributed by atoms with Gasteiger partial charge in [0.1, 0.15) is 6.54 Å². The number of ether oxygens (including phenoxy) is 1. The van der Waals surface area contributed by atoms with Gasteiger partial charge < -0.3 is 20.3 Å². The number of carbonyl (C=O) groups is 3. The van der Waals surface area contributed by atoms with E-state index in [1.54, 1.807) is 31.3 Å². The maximum Gasteiger partial charge on any atom is 0.325 e. The van der Waals surface area contributed by atoms with E-state index in [2.05, 4.69) is 15.4 Å². The van der Waals surface area contributed by atoms with Crippen molar-refractivity contribution in [1.29, 1.82) is 0 Å². The lowest BCUT2D eigenvalue weighted by Crippen LogP contribution is -3.11. The van der Waals surface area contributed by atoms with Gasteiger partial charge in [-0.15, -0.1) is 0 Å². The van der Waals surface area contributed by atoms with E-state index in [-0.39, 0.29) is 31.4 Å². The van der Waals surface area contributed by atoms with Crippen molar-refractivity contribution in [3.63, 3.8) is 0 Å². The second-order valence-electron chi connectivity index (χ2n) is 4.72. The van der Waals surface area contributed by atoms with Gasteiger partial charge >= 0.3 is 5.97 Å². The molecule has 0 aliphatic rings. The second-order valence-corrected chi connectivity index (χ2v) is 5.16. The summed E-state index contributed by atoms with van der Waals surface area (Å²) < 4.78 is 4.41. The van der Waals surface area contributed by atoms with Crippen LogP contribution in [-0.4, -0.2) is 51.6 Å². The molecule has 1 unspecified atom stereocenters. The number of anilines is 1. The number of hydrogen-bond acceptors (Lipinski definition) is 4. The quantitative estimate of drug-likeness (QED) is 0.565. The maximum absolute atomic E-state index is 11.8. The van der Waals surface area contributed by atoms with Crippen molar-refractivity contribution in [3.8, 4) is 0 Å². The van der Waals surface area contributed by atoms with Gasteiger partial charge in [-0.2, -0.15) is 0 Å². The van der Waals surface area contributed by atoms with Crippen LogP contribution >= 0.6 is 11.6 Å². The molecule has 8 heteroatoms. The van der Waals surface area contributed by atoms with Crippen molar-refractivity contribution < 1.29 is 24.0 Å². The minimum atomic E-state index is -0.522. The topological polar surface area (TPSA) is 88.9 Å². The van der Waals surface area contributed by atoms with Gasteiger partial charge in [0.15, 0.2) is 13.1 Å². The molecule has 1 aromatic carbocycles. The molecule has 1 rings (SSSR count).